The number of hydrogen-bond donors (Lipinski definition) is 1. The molecule has 1 aromatic carbocycles. The zero-order chi connectivity index (χ0) is 12.6. The molecule has 1 fully saturated rings. The quantitative estimate of drug-likeness (QED) is 0.866. The summed E-state index contributed by atoms with van der Waals surface area (Å²) in [5.74, 6) is 1.01. The summed E-state index contributed by atoms with van der Waals surface area (Å²) in [4.78, 5) is 2.19. The molecule has 0 radical (unpaired) electrons. The van der Waals surface area contributed by atoms with Crippen LogP contribution in [0.25, 0.3) is 0 Å². The van der Waals surface area contributed by atoms with Gasteiger partial charge in [-0.05, 0) is 23.8 Å². The summed E-state index contributed by atoms with van der Waals surface area (Å²) in [5, 5.41) is 9.46. The first-order chi connectivity index (χ1) is 8.72. The lowest BCUT2D eigenvalue weighted by Gasteiger charge is -2.42. The van der Waals surface area contributed by atoms with Crippen LogP contribution in [0.2, 0.25) is 0 Å². The van der Waals surface area contributed by atoms with Crippen LogP contribution in [0.15, 0.2) is 18.2 Å². The van der Waals surface area contributed by atoms with Gasteiger partial charge in [-0.15, -0.1) is 0 Å². The molecule has 18 heavy (non-hydrogen) atoms. The second kappa shape index (κ2) is 4.44. The number of benzene rings is 1. The van der Waals surface area contributed by atoms with Crippen LogP contribution in [-0.4, -0.2) is 45.1 Å². The Morgan fingerprint density at radius 2 is 2.22 bits per heavy atom. The van der Waals surface area contributed by atoms with E-state index in [0.29, 0.717) is 13.2 Å². The summed E-state index contributed by atoms with van der Waals surface area (Å²) in [5.41, 5.74) is 2.38. The molecule has 0 unspecified atom stereocenters. The van der Waals surface area contributed by atoms with Gasteiger partial charge in [0.05, 0.1) is 31.8 Å². The van der Waals surface area contributed by atoms with Crippen molar-refractivity contribution in [2.24, 2.45) is 5.41 Å². The van der Waals surface area contributed by atoms with Gasteiger partial charge in [0, 0.05) is 25.7 Å². The molecule has 2 aliphatic rings. The molecule has 0 amide bonds. The average Bonchev–Trinajstić information content (AvgIpc) is 2.80. The first-order valence-corrected chi connectivity index (χ1v) is 6.38. The monoisotopic (exact) mass is 249 g/mol. The minimum absolute atomic E-state index is 0.0791. The smallest absolute Gasteiger partial charge is 0.122 e. The maximum absolute atomic E-state index is 9.46. The van der Waals surface area contributed by atoms with Gasteiger partial charge < -0.3 is 19.5 Å². The van der Waals surface area contributed by atoms with Gasteiger partial charge in [-0.25, -0.2) is 0 Å². The summed E-state index contributed by atoms with van der Waals surface area (Å²) < 4.78 is 10.7. The highest BCUT2D eigenvalue weighted by atomic mass is 16.5. The Morgan fingerprint density at radius 1 is 1.39 bits per heavy atom. The number of ether oxygens (including phenoxy) is 2. The molecule has 1 N–H and O–H groups in total. The van der Waals surface area contributed by atoms with E-state index in [2.05, 4.69) is 24.1 Å². The maximum Gasteiger partial charge on any atom is 0.122 e. The topological polar surface area (TPSA) is 41.9 Å². The van der Waals surface area contributed by atoms with Crippen LogP contribution in [0.4, 0.5) is 5.69 Å². The SMILES string of the molecule is CN(CC1(CO)COC1)c1ccc2c(c1)CCO2. The lowest BCUT2D eigenvalue weighted by Crippen LogP contribution is -2.52. The van der Waals surface area contributed by atoms with E-state index in [-0.39, 0.29) is 12.0 Å². The average molecular weight is 249 g/mol. The highest BCUT2D eigenvalue weighted by Gasteiger charge is 2.39. The Kier molecular flexibility index (Phi) is 2.92. The molecular weight excluding hydrogens is 230 g/mol. The van der Waals surface area contributed by atoms with E-state index in [9.17, 15) is 5.11 Å². The van der Waals surface area contributed by atoms with Crippen molar-refractivity contribution >= 4 is 5.69 Å². The number of anilines is 1. The largest absolute Gasteiger partial charge is 0.493 e. The molecule has 0 atom stereocenters. The normalized spacial score (nSPS) is 19.9. The first-order valence-electron chi connectivity index (χ1n) is 6.38. The Hall–Kier alpha value is -1.26. The molecule has 1 aromatic rings. The Morgan fingerprint density at radius 3 is 2.89 bits per heavy atom. The van der Waals surface area contributed by atoms with Crippen molar-refractivity contribution in [2.45, 2.75) is 6.42 Å². The van der Waals surface area contributed by atoms with Gasteiger partial charge in [0.15, 0.2) is 0 Å². The predicted octanol–water partition coefficient (Wildman–Crippen LogP) is 1.07. The third-order valence-electron chi connectivity index (χ3n) is 3.84. The van der Waals surface area contributed by atoms with Crippen LogP contribution in [-0.2, 0) is 11.2 Å². The number of rotatable bonds is 4. The van der Waals surface area contributed by atoms with Crippen LogP contribution in [0.1, 0.15) is 5.56 Å². The van der Waals surface area contributed by atoms with E-state index in [0.717, 1.165) is 25.3 Å². The number of fused-ring (bicyclic) bond motifs is 1. The number of nitrogens with zero attached hydrogens (tertiary/aromatic N) is 1. The van der Waals surface area contributed by atoms with Crippen molar-refractivity contribution in [3.63, 3.8) is 0 Å². The molecule has 0 aromatic heterocycles. The summed E-state index contributed by atoms with van der Waals surface area (Å²) in [6.45, 7) is 3.11. The van der Waals surface area contributed by atoms with E-state index >= 15 is 0 Å². The molecule has 0 spiro atoms. The molecule has 0 aliphatic carbocycles. The maximum atomic E-state index is 9.46. The minimum atomic E-state index is -0.0791. The summed E-state index contributed by atoms with van der Waals surface area (Å²) in [6, 6.07) is 6.30. The molecule has 4 heteroatoms. The molecule has 98 valence electrons. The second-order valence-corrected chi connectivity index (χ2v) is 5.40. The third kappa shape index (κ3) is 1.95. The molecule has 0 saturated carbocycles. The lowest BCUT2D eigenvalue weighted by molar-refractivity contribution is -0.130. The fourth-order valence-corrected chi connectivity index (χ4v) is 2.63. The highest BCUT2D eigenvalue weighted by molar-refractivity contribution is 5.54. The second-order valence-electron chi connectivity index (χ2n) is 5.40. The fourth-order valence-electron chi connectivity index (χ4n) is 2.63. The molecule has 4 nitrogen and oxygen atoms in total. The summed E-state index contributed by atoms with van der Waals surface area (Å²) >= 11 is 0. The van der Waals surface area contributed by atoms with Gasteiger partial charge in [0.2, 0.25) is 0 Å². The van der Waals surface area contributed by atoms with E-state index in [1.807, 2.05) is 6.07 Å². The van der Waals surface area contributed by atoms with Crippen LogP contribution >= 0.6 is 0 Å². The minimum Gasteiger partial charge on any atom is -0.493 e. The molecule has 0 bridgehead atoms. The van der Waals surface area contributed by atoms with Crippen LogP contribution in [0.3, 0.4) is 0 Å². The van der Waals surface area contributed by atoms with E-state index < -0.39 is 0 Å². The van der Waals surface area contributed by atoms with E-state index in [1.165, 1.54) is 11.3 Å². The first kappa shape index (κ1) is 11.8. The number of aliphatic hydroxyl groups is 1. The summed E-state index contributed by atoms with van der Waals surface area (Å²) in [6.07, 6.45) is 0.991. The Balaban J connectivity index is 1.74. The van der Waals surface area contributed by atoms with Gasteiger partial charge >= 0.3 is 0 Å². The van der Waals surface area contributed by atoms with Gasteiger partial charge in [-0.1, -0.05) is 0 Å². The Labute approximate surface area is 107 Å². The lowest BCUT2D eigenvalue weighted by atomic mass is 9.86. The van der Waals surface area contributed by atoms with Gasteiger partial charge in [-0.2, -0.15) is 0 Å². The number of hydrogen-bond acceptors (Lipinski definition) is 4. The van der Waals surface area contributed by atoms with E-state index in [4.69, 9.17) is 9.47 Å². The van der Waals surface area contributed by atoms with Crippen molar-refractivity contribution in [1.82, 2.24) is 0 Å². The predicted molar refractivity (Wildman–Crippen MR) is 69.2 cm³/mol. The van der Waals surface area contributed by atoms with Crippen molar-refractivity contribution < 1.29 is 14.6 Å². The molecule has 3 rings (SSSR count). The van der Waals surface area contributed by atoms with Gasteiger partial charge in [0.1, 0.15) is 5.75 Å². The summed E-state index contributed by atoms with van der Waals surface area (Å²) in [7, 11) is 2.06. The third-order valence-corrected chi connectivity index (χ3v) is 3.84. The van der Waals surface area contributed by atoms with Crippen LogP contribution in [0.5, 0.6) is 5.75 Å². The van der Waals surface area contributed by atoms with Crippen LogP contribution in [0, 0.1) is 5.41 Å². The van der Waals surface area contributed by atoms with Crippen molar-refractivity contribution in [2.75, 3.05) is 44.9 Å². The van der Waals surface area contributed by atoms with Gasteiger partial charge in [0.25, 0.3) is 0 Å². The van der Waals surface area contributed by atoms with Crippen molar-refractivity contribution in [1.29, 1.82) is 0 Å². The highest BCUT2D eigenvalue weighted by Crippen LogP contribution is 2.32. The molecular formula is C14H19NO3. The van der Waals surface area contributed by atoms with Crippen molar-refractivity contribution in [3.05, 3.63) is 23.8 Å². The molecule has 1 saturated heterocycles. The molecule has 2 aliphatic heterocycles. The fraction of sp³-hybridized carbons (Fsp3) is 0.571. The zero-order valence-corrected chi connectivity index (χ0v) is 10.7. The standard InChI is InChI=1S/C14H19NO3/c1-15(7-14(8-16)9-17-10-14)12-2-3-13-11(6-12)4-5-18-13/h2-3,6,16H,4-5,7-10H2,1H3. The number of aliphatic hydroxyl groups excluding tert-OH is 1. The molecule has 2 heterocycles. The van der Waals surface area contributed by atoms with E-state index in [1.54, 1.807) is 0 Å². The van der Waals surface area contributed by atoms with Gasteiger partial charge in [-0.3, -0.25) is 0 Å². The Bertz CT molecular complexity index is 437. The zero-order valence-electron chi connectivity index (χ0n) is 10.7. The van der Waals surface area contributed by atoms with Crippen molar-refractivity contribution in [3.8, 4) is 5.75 Å². The van der Waals surface area contributed by atoms with Crippen LogP contribution < -0.4 is 9.64 Å².